The van der Waals surface area contributed by atoms with E-state index in [9.17, 15) is 9.59 Å². The molecule has 0 aliphatic rings. The number of hydrogen-bond donors (Lipinski definition) is 2. The Balaban J connectivity index is 2.88. The second kappa shape index (κ2) is 6.88. The van der Waals surface area contributed by atoms with Crippen molar-refractivity contribution >= 4 is 27.8 Å². The third kappa shape index (κ3) is 4.07. The van der Waals surface area contributed by atoms with Crippen LogP contribution in [0.1, 0.15) is 39.2 Å². The molecule has 4 nitrogen and oxygen atoms in total. The first-order valence-corrected chi connectivity index (χ1v) is 7.38. The van der Waals surface area contributed by atoms with E-state index in [0.717, 1.165) is 10.0 Å². The van der Waals surface area contributed by atoms with Crippen molar-refractivity contribution in [1.82, 2.24) is 5.32 Å². The predicted octanol–water partition coefficient (Wildman–Crippen LogP) is 3.10. The highest BCUT2D eigenvalue weighted by atomic mass is 79.9. The van der Waals surface area contributed by atoms with E-state index in [4.69, 9.17) is 5.11 Å². The molecule has 0 heterocycles. The summed E-state index contributed by atoms with van der Waals surface area (Å²) in [6.07, 6.45) is 1.13. The Morgan fingerprint density at radius 3 is 2.30 bits per heavy atom. The molecular formula is C15H20BrNO3. The van der Waals surface area contributed by atoms with Crippen molar-refractivity contribution in [2.75, 3.05) is 0 Å². The van der Waals surface area contributed by atoms with Gasteiger partial charge in [0.2, 0.25) is 5.91 Å². The fraction of sp³-hybridized carbons (Fsp3) is 0.467. The first kappa shape index (κ1) is 16.7. The van der Waals surface area contributed by atoms with Crippen LogP contribution in [0.25, 0.3) is 0 Å². The molecule has 110 valence electrons. The molecule has 5 heteroatoms. The Kier molecular flexibility index (Phi) is 5.74. The molecule has 1 aromatic rings. The van der Waals surface area contributed by atoms with Gasteiger partial charge in [-0.2, -0.15) is 0 Å². The van der Waals surface area contributed by atoms with Crippen LogP contribution in [0.4, 0.5) is 0 Å². The average molecular weight is 342 g/mol. The molecule has 1 atom stereocenters. The molecule has 0 saturated carbocycles. The van der Waals surface area contributed by atoms with Crippen molar-refractivity contribution in [3.63, 3.8) is 0 Å². The molecule has 0 aliphatic heterocycles. The van der Waals surface area contributed by atoms with Gasteiger partial charge in [0.05, 0.1) is 5.41 Å². The van der Waals surface area contributed by atoms with Crippen molar-refractivity contribution in [2.45, 2.75) is 45.1 Å². The Morgan fingerprint density at radius 1 is 1.30 bits per heavy atom. The van der Waals surface area contributed by atoms with Gasteiger partial charge in [0, 0.05) is 4.47 Å². The summed E-state index contributed by atoms with van der Waals surface area (Å²) in [5.41, 5.74) is 0.0705. The Morgan fingerprint density at radius 2 is 1.85 bits per heavy atom. The molecule has 1 amide bonds. The van der Waals surface area contributed by atoms with Crippen LogP contribution in [0.5, 0.6) is 0 Å². The number of carbonyl (C=O) groups excluding carboxylic acids is 1. The van der Waals surface area contributed by atoms with Gasteiger partial charge in [-0.1, -0.05) is 41.4 Å². The Hall–Kier alpha value is -1.36. The quantitative estimate of drug-likeness (QED) is 0.835. The Bertz CT molecular complexity index is 482. The van der Waals surface area contributed by atoms with Gasteiger partial charge in [-0.3, -0.25) is 4.79 Å². The van der Waals surface area contributed by atoms with E-state index in [2.05, 4.69) is 21.2 Å². The van der Waals surface area contributed by atoms with E-state index in [1.54, 1.807) is 13.8 Å². The second-order valence-electron chi connectivity index (χ2n) is 5.28. The fourth-order valence-corrected chi connectivity index (χ4v) is 2.15. The maximum atomic E-state index is 12.4. The highest BCUT2D eigenvalue weighted by molar-refractivity contribution is 9.10. The number of halogens is 1. The summed E-state index contributed by atoms with van der Waals surface area (Å²) in [5.74, 6) is -1.27. The SMILES string of the molecule is CCCC(NC(=O)C(C)(C)c1ccc(Br)cc1)C(=O)O. The number of hydrogen-bond acceptors (Lipinski definition) is 2. The smallest absolute Gasteiger partial charge is 0.326 e. The molecule has 0 aromatic heterocycles. The van der Waals surface area contributed by atoms with Crippen molar-refractivity contribution < 1.29 is 14.7 Å². The summed E-state index contributed by atoms with van der Waals surface area (Å²) in [4.78, 5) is 23.5. The van der Waals surface area contributed by atoms with E-state index in [1.165, 1.54) is 0 Å². The average Bonchev–Trinajstić information content (AvgIpc) is 2.38. The molecule has 0 saturated heterocycles. The molecule has 0 fully saturated rings. The van der Waals surface area contributed by atoms with E-state index in [0.29, 0.717) is 12.8 Å². The second-order valence-corrected chi connectivity index (χ2v) is 6.20. The normalized spacial score (nSPS) is 12.8. The topological polar surface area (TPSA) is 66.4 Å². The minimum Gasteiger partial charge on any atom is -0.480 e. The molecule has 0 aliphatic carbocycles. The molecule has 0 bridgehead atoms. The molecule has 1 unspecified atom stereocenters. The van der Waals surface area contributed by atoms with Gasteiger partial charge in [-0.25, -0.2) is 4.79 Å². The predicted molar refractivity (Wildman–Crippen MR) is 81.6 cm³/mol. The standard InChI is InChI=1S/C15H20BrNO3/c1-4-5-12(13(18)19)17-14(20)15(2,3)10-6-8-11(16)9-7-10/h6-9,12H,4-5H2,1-3H3,(H,17,20)(H,18,19). The number of nitrogens with one attached hydrogen (secondary N) is 1. The number of aliphatic carboxylic acids is 1. The lowest BCUT2D eigenvalue weighted by Gasteiger charge is -2.26. The van der Waals surface area contributed by atoms with E-state index in [1.807, 2.05) is 31.2 Å². The third-order valence-electron chi connectivity index (χ3n) is 3.31. The number of carboxylic acid groups (broad SMARTS) is 1. The zero-order valence-electron chi connectivity index (χ0n) is 11.9. The molecule has 20 heavy (non-hydrogen) atoms. The number of benzene rings is 1. The van der Waals surface area contributed by atoms with Gasteiger partial charge in [-0.05, 0) is 38.0 Å². The molecule has 1 rings (SSSR count). The molecule has 0 radical (unpaired) electrons. The summed E-state index contributed by atoms with van der Waals surface area (Å²) in [5, 5.41) is 11.7. The third-order valence-corrected chi connectivity index (χ3v) is 3.84. The largest absolute Gasteiger partial charge is 0.480 e. The minimum absolute atomic E-state index is 0.277. The molecule has 0 spiro atoms. The Labute approximate surface area is 127 Å². The van der Waals surface area contributed by atoms with Crippen LogP contribution in [0.2, 0.25) is 0 Å². The molecular weight excluding hydrogens is 322 g/mol. The minimum atomic E-state index is -0.994. The summed E-state index contributed by atoms with van der Waals surface area (Å²) >= 11 is 3.35. The lowest BCUT2D eigenvalue weighted by atomic mass is 9.83. The van der Waals surface area contributed by atoms with Gasteiger partial charge in [0.25, 0.3) is 0 Å². The zero-order chi connectivity index (χ0) is 15.3. The summed E-state index contributed by atoms with van der Waals surface area (Å²) in [6, 6.07) is 6.62. The van der Waals surface area contributed by atoms with Gasteiger partial charge in [0.15, 0.2) is 0 Å². The fourth-order valence-electron chi connectivity index (χ4n) is 1.88. The van der Waals surface area contributed by atoms with Crippen molar-refractivity contribution in [3.05, 3.63) is 34.3 Å². The number of amides is 1. The van der Waals surface area contributed by atoms with Gasteiger partial charge in [0.1, 0.15) is 6.04 Å². The maximum absolute atomic E-state index is 12.4. The van der Waals surface area contributed by atoms with Crippen LogP contribution in [0, 0.1) is 0 Å². The van der Waals surface area contributed by atoms with Crippen molar-refractivity contribution in [1.29, 1.82) is 0 Å². The van der Waals surface area contributed by atoms with Crippen LogP contribution in [-0.4, -0.2) is 23.0 Å². The number of carbonyl (C=O) groups is 2. The highest BCUT2D eigenvalue weighted by Gasteiger charge is 2.32. The number of carboxylic acids is 1. The lowest BCUT2D eigenvalue weighted by molar-refractivity contribution is -0.142. The zero-order valence-corrected chi connectivity index (χ0v) is 13.5. The molecule has 1 aromatic carbocycles. The maximum Gasteiger partial charge on any atom is 0.326 e. The first-order chi connectivity index (χ1) is 9.28. The number of rotatable bonds is 6. The van der Waals surface area contributed by atoms with Crippen LogP contribution < -0.4 is 5.32 Å². The van der Waals surface area contributed by atoms with Crippen molar-refractivity contribution in [2.24, 2.45) is 0 Å². The molecule has 2 N–H and O–H groups in total. The lowest BCUT2D eigenvalue weighted by Crippen LogP contribution is -2.48. The monoisotopic (exact) mass is 341 g/mol. The first-order valence-electron chi connectivity index (χ1n) is 6.58. The van der Waals surface area contributed by atoms with Gasteiger partial charge >= 0.3 is 5.97 Å². The van der Waals surface area contributed by atoms with E-state index in [-0.39, 0.29) is 5.91 Å². The van der Waals surface area contributed by atoms with Gasteiger partial charge < -0.3 is 10.4 Å². The van der Waals surface area contributed by atoms with Crippen LogP contribution in [0.3, 0.4) is 0 Å². The summed E-state index contributed by atoms with van der Waals surface area (Å²) in [7, 11) is 0. The van der Waals surface area contributed by atoms with Crippen LogP contribution in [-0.2, 0) is 15.0 Å². The van der Waals surface area contributed by atoms with Crippen LogP contribution in [0.15, 0.2) is 28.7 Å². The summed E-state index contributed by atoms with van der Waals surface area (Å²) < 4.78 is 0.937. The highest BCUT2D eigenvalue weighted by Crippen LogP contribution is 2.25. The van der Waals surface area contributed by atoms with Crippen molar-refractivity contribution in [3.8, 4) is 0 Å². The van der Waals surface area contributed by atoms with E-state index < -0.39 is 17.4 Å². The van der Waals surface area contributed by atoms with E-state index >= 15 is 0 Å². The van der Waals surface area contributed by atoms with Crippen LogP contribution >= 0.6 is 15.9 Å². The summed E-state index contributed by atoms with van der Waals surface area (Å²) in [6.45, 7) is 5.47. The van der Waals surface area contributed by atoms with Gasteiger partial charge in [-0.15, -0.1) is 0 Å².